The molecular formula is C14H11FN2O3. The number of carbonyl (C=O) groups is 1. The standard InChI is InChI=1S/C14H11FN2O3/c1-16(11-5-3-2-4-6-11)14(18)10-7-8-12(15)13(9-10)17(19)20/h2-9H,1H3. The van der Waals surface area contributed by atoms with Crippen LogP contribution in [0.15, 0.2) is 48.5 Å². The fourth-order valence-corrected chi connectivity index (χ4v) is 1.75. The van der Waals surface area contributed by atoms with E-state index in [4.69, 9.17) is 0 Å². The topological polar surface area (TPSA) is 63.5 Å². The fourth-order valence-electron chi connectivity index (χ4n) is 1.75. The Balaban J connectivity index is 2.34. The van der Waals surface area contributed by atoms with E-state index < -0.39 is 22.3 Å². The second kappa shape index (κ2) is 5.48. The minimum absolute atomic E-state index is 0.0597. The predicted octanol–water partition coefficient (Wildman–Crippen LogP) is 3.01. The second-order valence-electron chi connectivity index (χ2n) is 4.12. The Kier molecular flexibility index (Phi) is 3.74. The quantitative estimate of drug-likeness (QED) is 0.638. The smallest absolute Gasteiger partial charge is 0.305 e. The number of halogens is 1. The van der Waals surface area contributed by atoms with Crippen LogP contribution in [0.5, 0.6) is 0 Å². The highest BCUT2D eigenvalue weighted by atomic mass is 19.1. The van der Waals surface area contributed by atoms with Crippen LogP contribution in [0.25, 0.3) is 0 Å². The van der Waals surface area contributed by atoms with Crippen molar-refractivity contribution in [2.45, 2.75) is 0 Å². The Morgan fingerprint density at radius 3 is 2.45 bits per heavy atom. The van der Waals surface area contributed by atoms with Crippen LogP contribution in [0, 0.1) is 15.9 Å². The number of amides is 1. The van der Waals surface area contributed by atoms with Crippen LogP contribution < -0.4 is 4.90 Å². The zero-order valence-electron chi connectivity index (χ0n) is 10.6. The summed E-state index contributed by atoms with van der Waals surface area (Å²) >= 11 is 0. The molecule has 0 aromatic heterocycles. The number of carbonyl (C=O) groups excluding carboxylic acids is 1. The van der Waals surface area contributed by atoms with Crippen LogP contribution in [-0.4, -0.2) is 17.9 Å². The number of hydrogen-bond donors (Lipinski definition) is 0. The van der Waals surface area contributed by atoms with Gasteiger partial charge in [0.25, 0.3) is 5.91 Å². The number of anilines is 1. The van der Waals surface area contributed by atoms with E-state index in [9.17, 15) is 19.3 Å². The average Bonchev–Trinajstić information content (AvgIpc) is 2.47. The molecule has 0 aliphatic rings. The van der Waals surface area contributed by atoms with Gasteiger partial charge in [0, 0.05) is 24.4 Å². The summed E-state index contributed by atoms with van der Waals surface area (Å²) in [6.07, 6.45) is 0. The summed E-state index contributed by atoms with van der Waals surface area (Å²) in [5.74, 6) is -1.41. The van der Waals surface area contributed by atoms with E-state index in [1.807, 2.05) is 6.07 Å². The van der Waals surface area contributed by atoms with Crippen molar-refractivity contribution in [3.63, 3.8) is 0 Å². The van der Waals surface area contributed by atoms with Crippen molar-refractivity contribution in [3.8, 4) is 0 Å². The molecule has 0 bridgehead atoms. The fraction of sp³-hybridized carbons (Fsp3) is 0.0714. The van der Waals surface area contributed by atoms with E-state index in [2.05, 4.69) is 0 Å². The molecule has 2 aromatic rings. The van der Waals surface area contributed by atoms with Crippen LogP contribution in [0.4, 0.5) is 15.8 Å². The van der Waals surface area contributed by atoms with E-state index in [0.29, 0.717) is 5.69 Å². The predicted molar refractivity (Wildman–Crippen MR) is 72.2 cm³/mol. The third-order valence-corrected chi connectivity index (χ3v) is 2.84. The zero-order chi connectivity index (χ0) is 14.7. The van der Waals surface area contributed by atoms with E-state index >= 15 is 0 Å². The van der Waals surface area contributed by atoms with Crippen LogP contribution in [-0.2, 0) is 0 Å². The molecule has 5 nitrogen and oxygen atoms in total. The lowest BCUT2D eigenvalue weighted by atomic mass is 10.1. The van der Waals surface area contributed by atoms with Gasteiger partial charge in [-0.05, 0) is 24.3 Å². The summed E-state index contributed by atoms with van der Waals surface area (Å²) in [6.45, 7) is 0. The number of hydrogen-bond acceptors (Lipinski definition) is 3. The van der Waals surface area contributed by atoms with E-state index in [1.54, 1.807) is 31.3 Å². The Hall–Kier alpha value is -2.76. The van der Waals surface area contributed by atoms with E-state index in [0.717, 1.165) is 12.1 Å². The van der Waals surface area contributed by atoms with Crippen molar-refractivity contribution >= 4 is 17.3 Å². The number of para-hydroxylation sites is 1. The van der Waals surface area contributed by atoms with Gasteiger partial charge in [-0.3, -0.25) is 14.9 Å². The first-order valence-corrected chi connectivity index (χ1v) is 5.78. The monoisotopic (exact) mass is 274 g/mol. The van der Waals surface area contributed by atoms with Crippen molar-refractivity contribution in [2.24, 2.45) is 0 Å². The number of benzene rings is 2. The molecule has 0 saturated heterocycles. The summed E-state index contributed by atoms with van der Waals surface area (Å²) in [6, 6.07) is 11.9. The Bertz CT molecular complexity index is 659. The molecule has 0 spiro atoms. The highest BCUT2D eigenvalue weighted by Crippen LogP contribution is 2.21. The first-order chi connectivity index (χ1) is 9.50. The lowest BCUT2D eigenvalue weighted by molar-refractivity contribution is -0.387. The maximum atomic E-state index is 13.2. The van der Waals surface area contributed by atoms with Crippen LogP contribution >= 0.6 is 0 Å². The van der Waals surface area contributed by atoms with Gasteiger partial charge >= 0.3 is 5.69 Å². The zero-order valence-corrected chi connectivity index (χ0v) is 10.6. The van der Waals surface area contributed by atoms with Crippen molar-refractivity contribution in [3.05, 3.63) is 70.0 Å². The Morgan fingerprint density at radius 1 is 1.20 bits per heavy atom. The molecule has 6 heteroatoms. The van der Waals surface area contributed by atoms with Gasteiger partial charge in [0.15, 0.2) is 0 Å². The summed E-state index contributed by atoms with van der Waals surface area (Å²) < 4.78 is 13.2. The van der Waals surface area contributed by atoms with Crippen LogP contribution in [0.3, 0.4) is 0 Å². The largest absolute Gasteiger partial charge is 0.311 e. The third kappa shape index (κ3) is 2.64. The maximum absolute atomic E-state index is 13.2. The summed E-state index contributed by atoms with van der Waals surface area (Å²) in [7, 11) is 1.55. The lowest BCUT2D eigenvalue weighted by Gasteiger charge is -2.17. The lowest BCUT2D eigenvalue weighted by Crippen LogP contribution is -2.26. The summed E-state index contributed by atoms with van der Waals surface area (Å²) in [5.41, 5.74) is -0.00811. The molecule has 0 atom stereocenters. The SMILES string of the molecule is CN(C(=O)c1ccc(F)c([N+](=O)[O-])c1)c1ccccc1. The summed E-state index contributed by atoms with van der Waals surface area (Å²) in [4.78, 5) is 23.4. The van der Waals surface area contributed by atoms with Gasteiger partial charge in [-0.15, -0.1) is 0 Å². The molecule has 0 fully saturated rings. The number of nitro groups is 1. The van der Waals surface area contributed by atoms with Gasteiger partial charge in [-0.1, -0.05) is 18.2 Å². The molecular weight excluding hydrogens is 263 g/mol. The van der Waals surface area contributed by atoms with Crippen molar-refractivity contribution in [1.82, 2.24) is 0 Å². The van der Waals surface area contributed by atoms with Gasteiger partial charge in [-0.2, -0.15) is 4.39 Å². The van der Waals surface area contributed by atoms with Crippen molar-refractivity contribution in [2.75, 3.05) is 11.9 Å². The van der Waals surface area contributed by atoms with Crippen LogP contribution in [0.1, 0.15) is 10.4 Å². The van der Waals surface area contributed by atoms with Gasteiger partial charge in [-0.25, -0.2) is 0 Å². The molecule has 1 amide bonds. The Morgan fingerprint density at radius 2 is 1.85 bits per heavy atom. The molecule has 0 unspecified atom stereocenters. The molecule has 0 heterocycles. The van der Waals surface area contributed by atoms with Crippen molar-refractivity contribution in [1.29, 1.82) is 0 Å². The summed E-state index contributed by atoms with van der Waals surface area (Å²) in [5, 5.41) is 10.7. The first-order valence-electron chi connectivity index (χ1n) is 5.78. The molecule has 20 heavy (non-hydrogen) atoms. The molecule has 0 aliphatic carbocycles. The minimum atomic E-state index is -0.964. The van der Waals surface area contributed by atoms with Gasteiger partial charge in [0.05, 0.1) is 4.92 Å². The van der Waals surface area contributed by atoms with Gasteiger partial charge in [0.2, 0.25) is 5.82 Å². The van der Waals surface area contributed by atoms with E-state index in [1.165, 1.54) is 11.0 Å². The second-order valence-corrected chi connectivity index (χ2v) is 4.12. The first kappa shape index (κ1) is 13.7. The maximum Gasteiger partial charge on any atom is 0.305 e. The molecule has 102 valence electrons. The molecule has 2 rings (SSSR count). The van der Waals surface area contributed by atoms with Crippen LogP contribution in [0.2, 0.25) is 0 Å². The molecule has 0 radical (unpaired) electrons. The van der Waals surface area contributed by atoms with Gasteiger partial charge in [0.1, 0.15) is 0 Å². The minimum Gasteiger partial charge on any atom is -0.311 e. The van der Waals surface area contributed by atoms with Gasteiger partial charge < -0.3 is 4.90 Å². The van der Waals surface area contributed by atoms with Crippen molar-refractivity contribution < 1.29 is 14.1 Å². The highest BCUT2D eigenvalue weighted by molar-refractivity contribution is 6.06. The number of nitro benzene ring substituents is 1. The Labute approximate surface area is 114 Å². The number of nitrogens with zero attached hydrogens (tertiary/aromatic N) is 2. The molecule has 2 aromatic carbocycles. The number of rotatable bonds is 3. The van der Waals surface area contributed by atoms with E-state index in [-0.39, 0.29) is 5.56 Å². The normalized spacial score (nSPS) is 10.1. The third-order valence-electron chi connectivity index (χ3n) is 2.84. The molecule has 0 aliphatic heterocycles. The molecule has 0 saturated carbocycles. The highest BCUT2D eigenvalue weighted by Gasteiger charge is 2.20. The average molecular weight is 274 g/mol. The molecule has 0 N–H and O–H groups in total.